The minimum absolute atomic E-state index is 0.0263. The number of benzene rings is 2. The van der Waals surface area contributed by atoms with Crippen LogP contribution in [0.4, 0.5) is 4.79 Å². The Hall–Kier alpha value is -2.62. The Bertz CT molecular complexity index is 618. The van der Waals surface area contributed by atoms with E-state index in [1.165, 1.54) is 0 Å². The van der Waals surface area contributed by atoms with Crippen molar-refractivity contribution in [2.24, 2.45) is 0 Å². The van der Waals surface area contributed by atoms with Crippen molar-refractivity contribution in [2.45, 2.75) is 5.92 Å². The van der Waals surface area contributed by atoms with Gasteiger partial charge in [0.15, 0.2) is 0 Å². The Labute approximate surface area is 115 Å². The number of hydrogen-bond donors (Lipinski definition) is 0. The topological polar surface area (TPSA) is 52.6 Å². The molecule has 0 amide bonds. The van der Waals surface area contributed by atoms with Crippen molar-refractivity contribution in [1.29, 1.82) is 0 Å². The molecule has 0 radical (unpaired) electrons. The maximum Gasteiger partial charge on any atom is 0.516 e. The molecule has 0 saturated heterocycles. The van der Waals surface area contributed by atoms with Gasteiger partial charge in [0.25, 0.3) is 0 Å². The highest BCUT2D eigenvalue weighted by molar-refractivity contribution is 5.79. The Kier molecular flexibility index (Phi) is 3.21. The summed E-state index contributed by atoms with van der Waals surface area (Å²) in [6.45, 7) is 0.222. The van der Waals surface area contributed by atoms with E-state index in [1.807, 2.05) is 36.4 Å². The molecule has 1 aliphatic carbocycles. The van der Waals surface area contributed by atoms with Gasteiger partial charge in [-0.1, -0.05) is 48.5 Å². The van der Waals surface area contributed by atoms with Crippen molar-refractivity contribution in [2.75, 3.05) is 6.61 Å². The van der Waals surface area contributed by atoms with Crippen LogP contribution in [-0.2, 0) is 14.3 Å². The minimum Gasteiger partial charge on any atom is -0.433 e. The van der Waals surface area contributed by atoms with Gasteiger partial charge in [-0.15, -0.1) is 0 Å². The van der Waals surface area contributed by atoms with Gasteiger partial charge in [0.1, 0.15) is 6.61 Å². The average molecular weight is 268 g/mol. The molecule has 1 aliphatic rings. The molecule has 3 rings (SSSR count). The fraction of sp³-hybridized carbons (Fsp3) is 0.125. The van der Waals surface area contributed by atoms with Crippen molar-refractivity contribution < 1.29 is 19.1 Å². The predicted octanol–water partition coefficient (Wildman–Crippen LogP) is 3.11. The number of hydrogen-bond acceptors (Lipinski definition) is 4. The molecule has 0 aromatic heterocycles. The SMILES string of the molecule is O=COC(=O)OCC1c2ccccc2-c2ccccc21. The Morgan fingerprint density at radius 3 is 2.10 bits per heavy atom. The Morgan fingerprint density at radius 2 is 1.55 bits per heavy atom. The van der Waals surface area contributed by atoms with Crippen LogP contribution in [-0.4, -0.2) is 19.2 Å². The number of carbonyl (C=O) groups excluding carboxylic acids is 2. The molecule has 0 aliphatic heterocycles. The summed E-state index contributed by atoms with van der Waals surface area (Å²) in [5.74, 6) is -0.0263. The van der Waals surface area contributed by atoms with Crippen molar-refractivity contribution in [3.05, 3.63) is 59.7 Å². The highest BCUT2D eigenvalue weighted by Crippen LogP contribution is 2.44. The van der Waals surface area contributed by atoms with Gasteiger partial charge in [0, 0.05) is 5.92 Å². The molecule has 20 heavy (non-hydrogen) atoms. The van der Waals surface area contributed by atoms with E-state index in [-0.39, 0.29) is 19.0 Å². The minimum atomic E-state index is -0.970. The average Bonchev–Trinajstić information content (AvgIpc) is 2.80. The molecule has 4 heteroatoms. The normalized spacial score (nSPS) is 12.4. The zero-order valence-corrected chi connectivity index (χ0v) is 10.6. The summed E-state index contributed by atoms with van der Waals surface area (Å²) in [6.07, 6.45) is -0.970. The van der Waals surface area contributed by atoms with Gasteiger partial charge >= 0.3 is 12.6 Å². The fourth-order valence-electron chi connectivity index (χ4n) is 2.66. The van der Waals surface area contributed by atoms with Gasteiger partial charge in [-0.3, -0.25) is 4.79 Å². The van der Waals surface area contributed by atoms with E-state index in [9.17, 15) is 9.59 Å². The monoisotopic (exact) mass is 268 g/mol. The second-order valence-corrected chi connectivity index (χ2v) is 4.50. The maximum atomic E-state index is 11.1. The Balaban J connectivity index is 1.91. The standard InChI is InChI=1S/C16H12O4/c17-10-20-16(18)19-9-15-13-7-3-1-5-11(13)12-6-2-4-8-14(12)15/h1-8,10,15H,9H2. The van der Waals surface area contributed by atoms with E-state index in [0.29, 0.717) is 0 Å². The molecule has 2 aromatic carbocycles. The quantitative estimate of drug-likeness (QED) is 0.487. The van der Waals surface area contributed by atoms with E-state index < -0.39 is 6.16 Å². The van der Waals surface area contributed by atoms with E-state index >= 15 is 0 Å². The first kappa shape index (κ1) is 12.4. The van der Waals surface area contributed by atoms with Crippen LogP contribution in [0.1, 0.15) is 17.0 Å². The van der Waals surface area contributed by atoms with Gasteiger partial charge in [-0.25, -0.2) is 4.79 Å². The second kappa shape index (κ2) is 5.17. The molecule has 0 bridgehead atoms. The summed E-state index contributed by atoms with van der Waals surface area (Å²) in [5.41, 5.74) is 4.54. The fourth-order valence-corrected chi connectivity index (χ4v) is 2.66. The molecule has 2 aromatic rings. The van der Waals surface area contributed by atoms with Gasteiger partial charge < -0.3 is 9.47 Å². The summed E-state index contributed by atoms with van der Waals surface area (Å²) >= 11 is 0. The lowest BCUT2D eigenvalue weighted by molar-refractivity contribution is -0.125. The number of fused-ring (bicyclic) bond motifs is 3. The van der Waals surface area contributed by atoms with Crippen LogP contribution < -0.4 is 0 Å². The third-order valence-corrected chi connectivity index (χ3v) is 3.47. The molecule has 100 valence electrons. The molecule has 0 fully saturated rings. The number of rotatable bonds is 3. The lowest BCUT2D eigenvalue weighted by Crippen LogP contribution is -2.13. The van der Waals surface area contributed by atoms with Crippen LogP contribution in [0.3, 0.4) is 0 Å². The van der Waals surface area contributed by atoms with Crippen LogP contribution in [0.2, 0.25) is 0 Å². The van der Waals surface area contributed by atoms with Gasteiger partial charge in [-0.2, -0.15) is 0 Å². The van der Waals surface area contributed by atoms with Crippen molar-refractivity contribution in [3.63, 3.8) is 0 Å². The van der Waals surface area contributed by atoms with Gasteiger partial charge in [0.2, 0.25) is 0 Å². The van der Waals surface area contributed by atoms with Gasteiger partial charge in [0.05, 0.1) is 0 Å². The third-order valence-electron chi connectivity index (χ3n) is 3.47. The highest BCUT2D eigenvalue weighted by Gasteiger charge is 2.29. The lowest BCUT2D eigenvalue weighted by atomic mass is 9.98. The molecule has 4 nitrogen and oxygen atoms in total. The zero-order valence-electron chi connectivity index (χ0n) is 10.6. The van der Waals surface area contributed by atoms with E-state index in [0.717, 1.165) is 22.3 Å². The van der Waals surface area contributed by atoms with Crippen molar-refractivity contribution in [3.8, 4) is 11.1 Å². The molecule has 0 N–H and O–H groups in total. The largest absolute Gasteiger partial charge is 0.516 e. The van der Waals surface area contributed by atoms with E-state index in [4.69, 9.17) is 4.74 Å². The van der Waals surface area contributed by atoms with Crippen molar-refractivity contribution in [1.82, 2.24) is 0 Å². The van der Waals surface area contributed by atoms with E-state index in [1.54, 1.807) is 0 Å². The smallest absolute Gasteiger partial charge is 0.433 e. The number of ether oxygens (including phenoxy) is 2. The molecule has 0 saturated carbocycles. The second-order valence-electron chi connectivity index (χ2n) is 4.50. The summed E-state index contributed by atoms with van der Waals surface area (Å²) < 4.78 is 9.12. The van der Waals surface area contributed by atoms with E-state index in [2.05, 4.69) is 16.9 Å². The molecule has 0 heterocycles. The van der Waals surface area contributed by atoms with Crippen LogP contribution in [0.15, 0.2) is 48.5 Å². The molecule has 0 unspecified atom stereocenters. The van der Waals surface area contributed by atoms with Crippen LogP contribution >= 0.6 is 0 Å². The number of carbonyl (C=O) groups is 2. The Morgan fingerprint density at radius 1 is 1.00 bits per heavy atom. The summed E-state index contributed by atoms with van der Waals surface area (Å²) in [7, 11) is 0. The first-order chi connectivity index (χ1) is 9.81. The predicted molar refractivity (Wildman–Crippen MR) is 72.2 cm³/mol. The van der Waals surface area contributed by atoms with Gasteiger partial charge in [-0.05, 0) is 22.3 Å². The van der Waals surface area contributed by atoms with Crippen molar-refractivity contribution >= 4 is 12.6 Å². The lowest BCUT2D eigenvalue weighted by Gasteiger charge is -2.12. The molecular weight excluding hydrogens is 256 g/mol. The third kappa shape index (κ3) is 2.05. The zero-order chi connectivity index (χ0) is 13.9. The highest BCUT2D eigenvalue weighted by atomic mass is 16.7. The summed E-state index contributed by atoms with van der Waals surface area (Å²) in [4.78, 5) is 21.2. The van der Waals surface area contributed by atoms with Crippen LogP contribution in [0.5, 0.6) is 0 Å². The molecular formula is C16H12O4. The first-order valence-corrected chi connectivity index (χ1v) is 6.26. The first-order valence-electron chi connectivity index (χ1n) is 6.26. The molecule has 0 spiro atoms. The summed E-state index contributed by atoms with van der Waals surface area (Å²) in [6, 6.07) is 16.0. The molecule has 0 atom stereocenters. The van der Waals surface area contributed by atoms with Crippen LogP contribution in [0, 0.1) is 0 Å². The van der Waals surface area contributed by atoms with Crippen LogP contribution in [0.25, 0.3) is 11.1 Å². The maximum absolute atomic E-state index is 11.1. The summed E-state index contributed by atoms with van der Waals surface area (Å²) in [5, 5.41) is 0.